The van der Waals surface area contributed by atoms with Gasteiger partial charge in [-0.1, -0.05) is 0 Å². The Balaban J connectivity index is 0.000000180. The highest BCUT2D eigenvalue weighted by Crippen LogP contribution is 2.05. The van der Waals surface area contributed by atoms with E-state index in [1.54, 1.807) is 0 Å². The number of carboxylic acids is 2. The van der Waals surface area contributed by atoms with Gasteiger partial charge in [-0.25, -0.2) is 9.59 Å². The van der Waals surface area contributed by atoms with Gasteiger partial charge in [0, 0.05) is 12.8 Å². The average molecular weight is 258 g/mol. The van der Waals surface area contributed by atoms with E-state index in [0.717, 1.165) is 0 Å². The normalized spacial score (nSPS) is 25.8. The van der Waals surface area contributed by atoms with E-state index in [4.69, 9.17) is 10.2 Å². The summed E-state index contributed by atoms with van der Waals surface area (Å²) in [5.41, 5.74) is 0. The van der Waals surface area contributed by atoms with Crippen LogP contribution in [0.2, 0.25) is 0 Å². The molecule has 18 heavy (non-hydrogen) atoms. The van der Waals surface area contributed by atoms with E-state index < -0.39 is 24.0 Å². The zero-order valence-corrected chi connectivity index (χ0v) is 9.51. The highest BCUT2D eigenvalue weighted by atomic mass is 16.4. The standard InChI is InChI=1S/2C5H7NO3/c2*7-4-2-1-3(6-4)5(8)9/h2*3H,1-2H2,(H,6,7)(H,8,9). The van der Waals surface area contributed by atoms with E-state index in [1.807, 2.05) is 0 Å². The van der Waals surface area contributed by atoms with Crippen LogP contribution >= 0.6 is 0 Å². The summed E-state index contributed by atoms with van der Waals surface area (Å²) < 4.78 is 0. The molecule has 2 aliphatic heterocycles. The molecule has 2 unspecified atom stereocenters. The fourth-order valence-corrected chi connectivity index (χ4v) is 1.60. The Bertz CT molecular complexity index is 345. The number of carboxylic acid groups (broad SMARTS) is 2. The lowest BCUT2D eigenvalue weighted by molar-refractivity contribution is -0.140. The van der Waals surface area contributed by atoms with Crippen molar-refractivity contribution in [3.63, 3.8) is 0 Å². The van der Waals surface area contributed by atoms with Crippen LogP contribution in [0.5, 0.6) is 0 Å². The van der Waals surface area contributed by atoms with Crippen LogP contribution in [-0.2, 0) is 19.2 Å². The number of hydrogen-bond donors (Lipinski definition) is 4. The Kier molecular flexibility index (Phi) is 4.64. The van der Waals surface area contributed by atoms with Crippen molar-refractivity contribution in [3.8, 4) is 0 Å². The molecule has 2 fully saturated rings. The number of nitrogens with one attached hydrogen (secondary N) is 2. The van der Waals surface area contributed by atoms with Gasteiger partial charge in [-0.15, -0.1) is 0 Å². The van der Waals surface area contributed by atoms with Crippen molar-refractivity contribution in [3.05, 3.63) is 0 Å². The predicted molar refractivity (Wildman–Crippen MR) is 57.6 cm³/mol. The van der Waals surface area contributed by atoms with Crippen molar-refractivity contribution in [1.82, 2.24) is 10.6 Å². The molecule has 0 aliphatic carbocycles. The van der Waals surface area contributed by atoms with Crippen LogP contribution in [0.1, 0.15) is 25.7 Å². The Hall–Kier alpha value is -2.12. The van der Waals surface area contributed by atoms with Gasteiger partial charge in [-0.3, -0.25) is 9.59 Å². The first-order chi connectivity index (χ1) is 8.40. The van der Waals surface area contributed by atoms with E-state index in [2.05, 4.69) is 10.6 Å². The highest BCUT2D eigenvalue weighted by molar-refractivity contribution is 5.87. The second kappa shape index (κ2) is 5.99. The zero-order valence-electron chi connectivity index (χ0n) is 9.51. The van der Waals surface area contributed by atoms with Crippen molar-refractivity contribution in [2.24, 2.45) is 0 Å². The lowest BCUT2D eigenvalue weighted by atomic mass is 10.2. The molecule has 2 heterocycles. The molecule has 2 amide bonds. The van der Waals surface area contributed by atoms with Gasteiger partial charge in [0.05, 0.1) is 0 Å². The van der Waals surface area contributed by atoms with Crippen molar-refractivity contribution in [2.45, 2.75) is 37.8 Å². The van der Waals surface area contributed by atoms with Gasteiger partial charge in [-0.2, -0.15) is 0 Å². The van der Waals surface area contributed by atoms with E-state index in [-0.39, 0.29) is 11.8 Å². The third-order valence-corrected chi connectivity index (χ3v) is 2.59. The molecular formula is C10H14N2O6. The van der Waals surface area contributed by atoms with E-state index >= 15 is 0 Å². The van der Waals surface area contributed by atoms with Crippen LogP contribution in [0.15, 0.2) is 0 Å². The molecule has 2 atom stereocenters. The largest absolute Gasteiger partial charge is 0.480 e. The molecule has 0 saturated carbocycles. The average Bonchev–Trinajstić information content (AvgIpc) is 2.88. The fourth-order valence-electron chi connectivity index (χ4n) is 1.60. The monoisotopic (exact) mass is 258 g/mol. The molecule has 2 saturated heterocycles. The predicted octanol–water partition coefficient (Wildman–Crippen LogP) is -1.30. The smallest absolute Gasteiger partial charge is 0.326 e. The molecular weight excluding hydrogens is 244 g/mol. The van der Waals surface area contributed by atoms with Crippen molar-refractivity contribution in [2.75, 3.05) is 0 Å². The molecule has 2 aliphatic rings. The Morgan fingerprint density at radius 3 is 1.33 bits per heavy atom. The van der Waals surface area contributed by atoms with Crippen molar-refractivity contribution >= 4 is 23.8 Å². The number of aliphatic carboxylic acids is 2. The maximum absolute atomic E-state index is 10.4. The molecule has 0 radical (unpaired) electrons. The quantitative estimate of drug-likeness (QED) is 0.486. The van der Waals surface area contributed by atoms with Crippen molar-refractivity contribution in [1.29, 1.82) is 0 Å². The van der Waals surface area contributed by atoms with E-state index in [9.17, 15) is 19.2 Å². The van der Waals surface area contributed by atoms with Gasteiger partial charge in [0.1, 0.15) is 12.1 Å². The van der Waals surface area contributed by atoms with Crippen molar-refractivity contribution < 1.29 is 29.4 Å². The second-order valence-corrected chi connectivity index (χ2v) is 3.99. The second-order valence-electron chi connectivity index (χ2n) is 3.99. The van der Waals surface area contributed by atoms with Crippen LogP contribution in [0.3, 0.4) is 0 Å². The van der Waals surface area contributed by atoms with Gasteiger partial charge in [0.2, 0.25) is 11.8 Å². The topological polar surface area (TPSA) is 133 Å². The van der Waals surface area contributed by atoms with E-state index in [0.29, 0.717) is 25.7 Å². The molecule has 8 nitrogen and oxygen atoms in total. The maximum Gasteiger partial charge on any atom is 0.326 e. The van der Waals surface area contributed by atoms with Crippen LogP contribution in [-0.4, -0.2) is 46.0 Å². The molecule has 0 bridgehead atoms. The van der Waals surface area contributed by atoms with Gasteiger partial charge >= 0.3 is 11.9 Å². The van der Waals surface area contributed by atoms with Crippen LogP contribution in [0.25, 0.3) is 0 Å². The number of amides is 2. The summed E-state index contributed by atoms with van der Waals surface area (Å²) in [6.07, 6.45) is 1.54. The molecule has 2 rings (SSSR count). The van der Waals surface area contributed by atoms with E-state index in [1.165, 1.54) is 0 Å². The molecule has 0 aromatic carbocycles. The lowest BCUT2D eigenvalue weighted by Crippen LogP contribution is -2.32. The molecule has 0 spiro atoms. The molecule has 0 aromatic heterocycles. The third-order valence-electron chi connectivity index (χ3n) is 2.59. The minimum absolute atomic E-state index is 0.164. The molecule has 4 N–H and O–H groups in total. The minimum Gasteiger partial charge on any atom is -0.480 e. The highest BCUT2D eigenvalue weighted by Gasteiger charge is 2.26. The molecule has 100 valence electrons. The summed E-state index contributed by atoms with van der Waals surface area (Å²) >= 11 is 0. The first-order valence-electron chi connectivity index (χ1n) is 5.44. The van der Waals surface area contributed by atoms with Gasteiger partial charge in [-0.05, 0) is 12.8 Å². The molecule has 0 aromatic rings. The van der Waals surface area contributed by atoms with Crippen LogP contribution < -0.4 is 10.6 Å². The summed E-state index contributed by atoms with van der Waals surface area (Å²) in [4.78, 5) is 41.0. The summed E-state index contributed by atoms with van der Waals surface area (Å²) in [5, 5.41) is 21.3. The Morgan fingerprint density at radius 2 is 1.22 bits per heavy atom. The Morgan fingerprint density at radius 1 is 0.889 bits per heavy atom. The third kappa shape index (κ3) is 4.04. The number of hydrogen-bond acceptors (Lipinski definition) is 4. The SMILES string of the molecule is O=C1CCC(C(=O)O)N1.O=C1CCC(C(=O)O)N1. The minimum atomic E-state index is -0.944. The summed E-state index contributed by atoms with van der Waals surface area (Å²) in [5.74, 6) is -2.22. The number of carbonyl (C=O) groups is 4. The van der Waals surface area contributed by atoms with Gasteiger partial charge < -0.3 is 20.8 Å². The van der Waals surface area contributed by atoms with Gasteiger partial charge in [0.25, 0.3) is 0 Å². The number of rotatable bonds is 2. The van der Waals surface area contributed by atoms with Gasteiger partial charge in [0.15, 0.2) is 0 Å². The Labute approximate surface area is 102 Å². The van der Waals surface area contributed by atoms with Crippen LogP contribution in [0, 0.1) is 0 Å². The first-order valence-corrected chi connectivity index (χ1v) is 5.44. The summed E-state index contributed by atoms with van der Waals surface area (Å²) in [6.45, 7) is 0. The fraction of sp³-hybridized carbons (Fsp3) is 0.600. The summed E-state index contributed by atoms with van der Waals surface area (Å²) in [7, 11) is 0. The zero-order chi connectivity index (χ0) is 13.7. The summed E-state index contributed by atoms with van der Waals surface area (Å²) in [6, 6.07) is -1.28. The first kappa shape index (κ1) is 13.9. The number of carbonyl (C=O) groups excluding carboxylic acids is 2. The lowest BCUT2D eigenvalue weighted by Gasteiger charge is -1.99. The molecule has 8 heteroatoms. The maximum atomic E-state index is 10.4. The van der Waals surface area contributed by atoms with Crippen LogP contribution in [0.4, 0.5) is 0 Å².